The van der Waals surface area contributed by atoms with Crippen molar-refractivity contribution in [2.24, 2.45) is 0 Å². The number of benzene rings is 1. The van der Waals surface area contributed by atoms with Crippen molar-refractivity contribution in [3.8, 4) is 5.75 Å². The zero-order chi connectivity index (χ0) is 20.5. The van der Waals surface area contributed by atoms with Gasteiger partial charge in [-0.25, -0.2) is 4.39 Å². The van der Waals surface area contributed by atoms with E-state index in [1.54, 1.807) is 34.3 Å². The minimum absolute atomic E-state index is 0.00109. The Hall–Kier alpha value is -3.42. The third-order valence-electron chi connectivity index (χ3n) is 5.23. The fraction of sp³-hybridized carbons (Fsp3) is 0.286. The molecule has 1 aliphatic rings. The minimum atomic E-state index is -0.620. The number of amides is 2. The lowest BCUT2D eigenvalue weighted by Crippen LogP contribution is -2.55. The van der Waals surface area contributed by atoms with E-state index < -0.39 is 5.82 Å². The van der Waals surface area contributed by atoms with Crippen LogP contribution in [0.2, 0.25) is 0 Å². The van der Waals surface area contributed by atoms with Crippen molar-refractivity contribution >= 4 is 22.8 Å². The molecule has 1 unspecified atom stereocenters. The van der Waals surface area contributed by atoms with Crippen LogP contribution in [0, 0.1) is 5.82 Å². The van der Waals surface area contributed by atoms with Gasteiger partial charge in [0.25, 0.3) is 11.8 Å². The van der Waals surface area contributed by atoms with Gasteiger partial charge in [-0.2, -0.15) is 0 Å². The van der Waals surface area contributed by atoms with E-state index in [2.05, 4.69) is 9.97 Å². The summed E-state index contributed by atoms with van der Waals surface area (Å²) >= 11 is 0. The van der Waals surface area contributed by atoms with E-state index in [-0.39, 0.29) is 23.4 Å². The molecule has 8 heteroatoms. The number of rotatable bonds is 3. The van der Waals surface area contributed by atoms with Crippen LogP contribution in [0.25, 0.3) is 11.0 Å². The summed E-state index contributed by atoms with van der Waals surface area (Å²) in [5.41, 5.74) is 2.09. The SMILES string of the molecule is COc1ccc(C(=O)N2CCN(C(=O)c3cnc4cc[nH]c4c3)CC2C)c(F)c1. The molecule has 1 aromatic carbocycles. The number of piperazine rings is 1. The number of carbonyl (C=O) groups excluding carboxylic acids is 2. The molecule has 2 aromatic heterocycles. The highest BCUT2D eigenvalue weighted by atomic mass is 19.1. The Balaban J connectivity index is 1.47. The molecule has 1 saturated heterocycles. The smallest absolute Gasteiger partial charge is 0.257 e. The zero-order valence-electron chi connectivity index (χ0n) is 16.2. The Morgan fingerprint density at radius 1 is 1.21 bits per heavy atom. The van der Waals surface area contributed by atoms with Crippen molar-refractivity contribution in [1.82, 2.24) is 19.8 Å². The van der Waals surface area contributed by atoms with Crippen molar-refractivity contribution in [2.75, 3.05) is 26.7 Å². The number of methoxy groups -OCH3 is 1. The van der Waals surface area contributed by atoms with Gasteiger partial charge < -0.3 is 19.5 Å². The van der Waals surface area contributed by atoms with Crippen molar-refractivity contribution in [3.63, 3.8) is 0 Å². The van der Waals surface area contributed by atoms with Gasteiger partial charge in [-0.3, -0.25) is 14.6 Å². The summed E-state index contributed by atoms with van der Waals surface area (Å²) in [7, 11) is 1.44. The van der Waals surface area contributed by atoms with E-state index in [1.807, 2.05) is 13.0 Å². The average Bonchev–Trinajstić information content (AvgIpc) is 3.20. The van der Waals surface area contributed by atoms with Crippen LogP contribution in [0.15, 0.2) is 42.7 Å². The molecule has 1 fully saturated rings. The van der Waals surface area contributed by atoms with Crippen molar-refractivity contribution < 1.29 is 18.7 Å². The lowest BCUT2D eigenvalue weighted by atomic mass is 10.1. The molecule has 0 saturated carbocycles. The third kappa shape index (κ3) is 3.53. The van der Waals surface area contributed by atoms with E-state index in [4.69, 9.17) is 4.74 Å². The topological polar surface area (TPSA) is 78.5 Å². The van der Waals surface area contributed by atoms with Gasteiger partial charge in [0.15, 0.2) is 0 Å². The summed E-state index contributed by atoms with van der Waals surface area (Å²) in [6.45, 7) is 2.92. The molecule has 1 N–H and O–H groups in total. The molecule has 0 spiro atoms. The van der Waals surface area contributed by atoms with Crippen LogP contribution in [0.3, 0.4) is 0 Å². The maximum Gasteiger partial charge on any atom is 0.257 e. The quantitative estimate of drug-likeness (QED) is 0.738. The summed E-state index contributed by atoms with van der Waals surface area (Å²) in [4.78, 5) is 36.3. The summed E-state index contributed by atoms with van der Waals surface area (Å²) in [5.74, 6) is -0.789. The first-order valence-electron chi connectivity index (χ1n) is 9.35. The lowest BCUT2D eigenvalue weighted by molar-refractivity contribution is 0.0411. The van der Waals surface area contributed by atoms with Crippen LogP contribution < -0.4 is 4.74 Å². The number of fused-ring (bicyclic) bond motifs is 1. The average molecular weight is 396 g/mol. The number of pyridine rings is 1. The first-order valence-corrected chi connectivity index (χ1v) is 9.35. The Bertz CT molecular complexity index is 1080. The van der Waals surface area contributed by atoms with Crippen LogP contribution in [0.4, 0.5) is 4.39 Å². The van der Waals surface area contributed by atoms with Gasteiger partial charge in [-0.05, 0) is 31.2 Å². The monoisotopic (exact) mass is 396 g/mol. The number of aromatic nitrogens is 2. The number of nitrogens with one attached hydrogen (secondary N) is 1. The Morgan fingerprint density at radius 2 is 2.03 bits per heavy atom. The number of hydrogen-bond donors (Lipinski definition) is 1. The summed E-state index contributed by atoms with van der Waals surface area (Å²) in [6, 6.07) is 7.56. The van der Waals surface area contributed by atoms with Crippen LogP contribution in [-0.4, -0.2) is 64.4 Å². The molecular formula is C21H21FN4O3. The number of hydrogen-bond acceptors (Lipinski definition) is 4. The number of H-pyrrole nitrogens is 1. The first kappa shape index (κ1) is 18.9. The molecule has 150 valence electrons. The molecule has 4 rings (SSSR count). The number of aromatic amines is 1. The maximum absolute atomic E-state index is 14.3. The highest BCUT2D eigenvalue weighted by molar-refractivity contribution is 5.97. The predicted octanol–water partition coefficient (Wildman–Crippen LogP) is 2.70. The lowest BCUT2D eigenvalue weighted by Gasteiger charge is -2.40. The number of halogens is 1. The summed E-state index contributed by atoms with van der Waals surface area (Å²) in [6.07, 6.45) is 3.34. The van der Waals surface area contributed by atoms with Crippen LogP contribution >= 0.6 is 0 Å². The third-order valence-corrected chi connectivity index (χ3v) is 5.23. The highest BCUT2D eigenvalue weighted by Gasteiger charge is 2.32. The minimum Gasteiger partial charge on any atom is -0.497 e. The van der Waals surface area contributed by atoms with E-state index in [0.717, 1.165) is 11.0 Å². The van der Waals surface area contributed by atoms with E-state index >= 15 is 0 Å². The second-order valence-corrected chi connectivity index (χ2v) is 7.08. The molecule has 0 radical (unpaired) electrons. The molecule has 29 heavy (non-hydrogen) atoms. The zero-order valence-corrected chi connectivity index (χ0v) is 16.2. The Labute approximate surface area is 167 Å². The number of carbonyl (C=O) groups is 2. The molecule has 0 aliphatic carbocycles. The van der Waals surface area contributed by atoms with Crippen molar-refractivity contribution in [2.45, 2.75) is 13.0 Å². The Morgan fingerprint density at radius 3 is 2.76 bits per heavy atom. The molecule has 2 amide bonds. The van der Waals surface area contributed by atoms with Crippen molar-refractivity contribution in [1.29, 1.82) is 0 Å². The maximum atomic E-state index is 14.3. The number of nitrogens with zero attached hydrogens (tertiary/aromatic N) is 3. The second-order valence-electron chi connectivity index (χ2n) is 7.08. The normalized spacial score (nSPS) is 16.9. The standard InChI is InChI=1S/C21H21FN4O3/c1-13-12-25(20(27)14-9-19-18(24-11-14)5-6-23-19)7-8-26(13)21(28)16-4-3-15(29-2)10-17(16)22/h3-6,9-11,13,23H,7-8,12H2,1-2H3. The molecule has 1 aliphatic heterocycles. The van der Waals surface area contributed by atoms with Gasteiger partial charge >= 0.3 is 0 Å². The van der Waals surface area contributed by atoms with Crippen LogP contribution in [0.1, 0.15) is 27.6 Å². The molecular weight excluding hydrogens is 375 g/mol. The second kappa shape index (κ2) is 7.54. The van der Waals surface area contributed by atoms with E-state index in [0.29, 0.717) is 30.9 Å². The summed E-state index contributed by atoms with van der Waals surface area (Å²) in [5, 5.41) is 0. The number of ether oxygens (including phenoxy) is 1. The molecule has 1 atom stereocenters. The largest absolute Gasteiger partial charge is 0.497 e. The molecule has 0 bridgehead atoms. The van der Waals surface area contributed by atoms with Gasteiger partial charge in [0, 0.05) is 44.1 Å². The van der Waals surface area contributed by atoms with Gasteiger partial charge in [-0.15, -0.1) is 0 Å². The first-order chi connectivity index (χ1) is 14.0. The molecule has 3 heterocycles. The molecule has 7 nitrogen and oxygen atoms in total. The van der Waals surface area contributed by atoms with Crippen LogP contribution in [0.5, 0.6) is 5.75 Å². The van der Waals surface area contributed by atoms with Gasteiger partial charge in [0.05, 0.1) is 29.3 Å². The highest BCUT2D eigenvalue weighted by Crippen LogP contribution is 2.21. The van der Waals surface area contributed by atoms with Gasteiger partial charge in [0.2, 0.25) is 0 Å². The Kier molecular flexibility index (Phi) is 4.92. The molecule has 3 aromatic rings. The van der Waals surface area contributed by atoms with Crippen molar-refractivity contribution in [3.05, 3.63) is 59.7 Å². The van der Waals surface area contributed by atoms with Gasteiger partial charge in [-0.1, -0.05) is 0 Å². The predicted molar refractivity (Wildman–Crippen MR) is 105 cm³/mol. The summed E-state index contributed by atoms with van der Waals surface area (Å²) < 4.78 is 19.3. The fourth-order valence-electron chi connectivity index (χ4n) is 3.63. The van der Waals surface area contributed by atoms with E-state index in [9.17, 15) is 14.0 Å². The van der Waals surface area contributed by atoms with Gasteiger partial charge in [0.1, 0.15) is 11.6 Å². The fourth-order valence-corrected chi connectivity index (χ4v) is 3.63. The van der Waals surface area contributed by atoms with E-state index in [1.165, 1.54) is 19.2 Å². The van der Waals surface area contributed by atoms with Crippen LogP contribution in [-0.2, 0) is 0 Å².